The average Bonchev–Trinajstić information content (AvgIpc) is 2.55. The van der Waals surface area contributed by atoms with Crippen molar-refractivity contribution in [3.8, 4) is 0 Å². The Bertz CT molecular complexity index is 575. The zero-order valence-corrected chi connectivity index (χ0v) is 13.5. The second-order valence-electron chi connectivity index (χ2n) is 5.57. The first kappa shape index (κ1) is 17.0. The van der Waals surface area contributed by atoms with Gasteiger partial charge in [-0.2, -0.15) is 0 Å². The second kappa shape index (κ2) is 7.76. The third-order valence-electron chi connectivity index (χ3n) is 3.97. The van der Waals surface area contributed by atoms with Gasteiger partial charge < -0.3 is 15.0 Å². The molecule has 0 unspecified atom stereocenters. The summed E-state index contributed by atoms with van der Waals surface area (Å²) in [5.74, 6) is -0.451. The zero-order valence-electron chi connectivity index (χ0n) is 13.5. The van der Waals surface area contributed by atoms with Gasteiger partial charge in [0.15, 0.2) is 0 Å². The first-order valence-corrected chi connectivity index (χ1v) is 7.84. The smallest absolute Gasteiger partial charge is 0.338 e. The number of nitrogens with one attached hydrogen (secondary N) is 1. The van der Waals surface area contributed by atoms with E-state index >= 15 is 0 Å². The lowest BCUT2D eigenvalue weighted by atomic mass is 9.96. The molecule has 0 atom stereocenters. The lowest BCUT2D eigenvalue weighted by molar-refractivity contribution is -0.132. The van der Waals surface area contributed by atoms with Gasteiger partial charge in [-0.15, -0.1) is 0 Å². The standard InChI is InChI=1S/C17H22N2O4/c1-3-23-17(22)14-4-6-15(7-5-14)18-16(21)13-8-10-19(11-9-13)12(2)20/h4-7,13H,3,8-11H2,1-2H3,(H,18,21). The number of likely N-dealkylation sites (tertiary alicyclic amines) is 1. The van der Waals surface area contributed by atoms with Crippen LogP contribution < -0.4 is 5.32 Å². The summed E-state index contributed by atoms with van der Waals surface area (Å²) in [6.07, 6.45) is 1.35. The van der Waals surface area contributed by atoms with Crippen molar-refractivity contribution in [1.82, 2.24) is 4.90 Å². The highest BCUT2D eigenvalue weighted by Gasteiger charge is 2.26. The maximum Gasteiger partial charge on any atom is 0.338 e. The van der Waals surface area contributed by atoms with Gasteiger partial charge in [0.05, 0.1) is 12.2 Å². The van der Waals surface area contributed by atoms with Gasteiger partial charge in [0.1, 0.15) is 0 Å². The number of carbonyl (C=O) groups is 3. The molecule has 1 aliphatic rings. The predicted molar refractivity (Wildman–Crippen MR) is 86.0 cm³/mol. The molecular weight excluding hydrogens is 296 g/mol. The number of hydrogen-bond donors (Lipinski definition) is 1. The van der Waals surface area contributed by atoms with Gasteiger partial charge in [-0.3, -0.25) is 9.59 Å². The minimum Gasteiger partial charge on any atom is -0.462 e. The molecule has 1 aromatic carbocycles. The van der Waals surface area contributed by atoms with Gasteiger partial charge in [0.2, 0.25) is 11.8 Å². The van der Waals surface area contributed by atoms with Crippen molar-refractivity contribution in [1.29, 1.82) is 0 Å². The van der Waals surface area contributed by atoms with E-state index in [1.54, 1.807) is 43.0 Å². The number of rotatable bonds is 4. The van der Waals surface area contributed by atoms with Crippen molar-refractivity contribution in [2.45, 2.75) is 26.7 Å². The third kappa shape index (κ3) is 4.55. The molecule has 1 aromatic rings. The molecule has 23 heavy (non-hydrogen) atoms. The molecule has 0 saturated carbocycles. The van der Waals surface area contributed by atoms with E-state index in [0.29, 0.717) is 43.8 Å². The second-order valence-corrected chi connectivity index (χ2v) is 5.57. The molecule has 0 spiro atoms. The molecule has 1 fully saturated rings. The number of ether oxygens (including phenoxy) is 1. The van der Waals surface area contributed by atoms with Crippen LogP contribution in [-0.4, -0.2) is 42.4 Å². The van der Waals surface area contributed by atoms with E-state index in [9.17, 15) is 14.4 Å². The van der Waals surface area contributed by atoms with Crippen LogP contribution in [0.4, 0.5) is 5.69 Å². The number of carbonyl (C=O) groups excluding carboxylic acids is 3. The summed E-state index contributed by atoms with van der Waals surface area (Å²) in [7, 11) is 0. The molecule has 6 nitrogen and oxygen atoms in total. The predicted octanol–water partition coefficient (Wildman–Crippen LogP) is 2.06. The fraction of sp³-hybridized carbons (Fsp3) is 0.471. The number of esters is 1. The Kier molecular flexibility index (Phi) is 5.73. The van der Waals surface area contributed by atoms with Crippen LogP contribution in [0.1, 0.15) is 37.0 Å². The molecule has 0 bridgehead atoms. The van der Waals surface area contributed by atoms with Crippen LogP contribution in [0.2, 0.25) is 0 Å². The Morgan fingerprint density at radius 2 is 1.78 bits per heavy atom. The van der Waals surface area contributed by atoms with Gasteiger partial charge >= 0.3 is 5.97 Å². The monoisotopic (exact) mass is 318 g/mol. The first-order valence-electron chi connectivity index (χ1n) is 7.84. The molecule has 124 valence electrons. The molecule has 0 aliphatic carbocycles. The summed E-state index contributed by atoms with van der Waals surface area (Å²) in [5, 5.41) is 2.86. The molecule has 1 saturated heterocycles. The minimum atomic E-state index is -0.373. The van der Waals surface area contributed by atoms with Crippen LogP contribution in [0.25, 0.3) is 0 Å². The summed E-state index contributed by atoms with van der Waals surface area (Å²) in [4.78, 5) is 36.9. The molecule has 6 heteroatoms. The van der Waals surface area contributed by atoms with Crippen LogP contribution >= 0.6 is 0 Å². The van der Waals surface area contributed by atoms with Crippen LogP contribution in [-0.2, 0) is 14.3 Å². The third-order valence-corrected chi connectivity index (χ3v) is 3.97. The average molecular weight is 318 g/mol. The maximum absolute atomic E-state index is 12.3. The van der Waals surface area contributed by atoms with Gasteiger partial charge in [0.25, 0.3) is 0 Å². The summed E-state index contributed by atoms with van der Waals surface area (Å²) in [5.41, 5.74) is 1.11. The molecule has 0 aromatic heterocycles. The number of nitrogens with zero attached hydrogens (tertiary/aromatic N) is 1. The number of amides is 2. The Hall–Kier alpha value is -2.37. The molecule has 1 aliphatic heterocycles. The highest BCUT2D eigenvalue weighted by molar-refractivity contribution is 5.94. The Morgan fingerprint density at radius 1 is 1.17 bits per heavy atom. The molecule has 0 radical (unpaired) electrons. The highest BCUT2D eigenvalue weighted by atomic mass is 16.5. The summed E-state index contributed by atoms with van der Waals surface area (Å²) < 4.78 is 4.91. The quantitative estimate of drug-likeness (QED) is 0.862. The molecule has 2 rings (SSSR count). The van der Waals surface area contributed by atoms with Crippen molar-refractivity contribution >= 4 is 23.5 Å². The van der Waals surface area contributed by atoms with Gasteiger partial charge in [-0.25, -0.2) is 4.79 Å². The normalized spacial score (nSPS) is 15.1. The van der Waals surface area contributed by atoms with E-state index in [0.717, 1.165) is 0 Å². The van der Waals surface area contributed by atoms with E-state index in [1.165, 1.54) is 0 Å². The number of benzene rings is 1. The van der Waals surface area contributed by atoms with Crippen LogP contribution in [0.5, 0.6) is 0 Å². The SMILES string of the molecule is CCOC(=O)c1ccc(NC(=O)C2CCN(C(C)=O)CC2)cc1. The molecule has 2 amide bonds. The minimum absolute atomic E-state index is 0.0444. The molecule has 1 heterocycles. The fourth-order valence-corrected chi connectivity index (χ4v) is 2.60. The van der Waals surface area contributed by atoms with E-state index in [4.69, 9.17) is 4.74 Å². The van der Waals surface area contributed by atoms with E-state index < -0.39 is 0 Å². The van der Waals surface area contributed by atoms with E-state index in [-0.39, 0.29) is 23.7 Å². The number of hydrogen-bond acceptors (Lipinski definition) is 4. The van der Waals surface area contributed by atoms with Crippen LogP contribution in [0, 0.1) is 5.92 Å². The molecular formula is C17H22N2O4. The van der Waals surface area contributed by atoms with Crippen LogP contribution in [0.15, 0.2) is 24.3 Å². The van der Waals surface area contributed by atoms with E-state index in [2.05, 4.69) is 5.32 Å². The van der Waals surface area contributed by atoms with Crippen LogP contribution in [0.3, 0.4) is 0 Å². The van der Waals surface area contributed by atoms with Crippen molar-refractivity contribution in [2.24, 2.45) is 5.92 Å². The summed E-state index contributed by atoms with van der Waals surface area (Å²) in [6, 6.07) is 6.64. The van der Waals surface area contributed by atoms with Crippen molar-refractivity contribution in [2.75, 3.05) is 25.0 Å². The Labute approximate surface area is 135 Å². The highest BCUT2D eigenvalue weighted by Crippen LogP contribution is 2.20. The van der Waals surface area contributed by atoms with Crippen molar-refractivity contribution < 1.29 is 19.1 Å². The van der Waals surface area contributed by atoms with Gasteiger partial charge in [-0.1, -0.05) is 0 Å². The zero-order chi connectivity index (χ0) is 16.8. The van der Waals surface area contributed by atoms with Crippen molar-refractivity contribution in [3.63, 3.8) is 0 Å². The number of piperidine rings is 1. The fourth-order valence-electron chi connectivity index (χ4n) is 2.60. The lowest BCUT2D eigenvalue weighted by Gasteiger charge is -2.30. The maximum atomic E-state index is 12.3. The lowest BCUT2D eigenvalue weighted by Crippen LogP contribution is -2.40. The first-order chi connectivity index (χ1) is 11.0. The van der Waals surface area contributed by atoms with E-state index in [1.807, 2.05) is 0 Å². The number of anilines is 1. The van der Waals surface area contributed by atoms with Crippen molar-refractivity contribution in [3.05, 3.63) is 29.8 Å². The topological polar surface area (TPSA) is 75.7 Å². The van der Waals surface area contributed by atoms with Gasteiger partial charge in [-0.05, 0) is 44.0 Å². The summed E-state index contributed by atoms with van der Waals surface area (Å²) >= 11 is 0. The largest absolute Gasteiger partial charge is 0.462 e. The Balaban J connectivity index is 1.88. The molecule has 1 N–H and O–H groups in total. The summed E-state index contributed by atoms with van der Waals surface area (Å²) in [6.45, 7) is 4.87. The Morgan fingerprint density at radius 3 is 2.30 bits per heavy atom. The van der Waals surface area contributed by atoms with Gasteiger partial charge in [0, 0.05) is 31.6 Å².